The molecule has 0 saturated heterocycles. The van der Waals surface area contributed by atoms with Crippen LogP contribution in [0.5, 0.6) is 23.0 Å². The second kappa shape index (κ2) is 16.5. The van der Waals surface area contributed by atoms with Gasteiger partial charge in [-0.3, -0.25) is 0 Å². The fraction of sp³-hybridized carbons (Fsp3) is 0.390. The summed E-state index contributed by atoms with van der Waals surface area (Å²) in [5, 5.41) is 0.692. The normalized spacial score (nSPS) is 11.2. The first kappa shape index (κ1) is 37.7. The first-order chi connectivity index (χ1) is 23.7. The molecule has 0 atom stereocenters. The maximum atomic E-state index is 12.8. The molecule has 0 saturated carbocycles. The Hall–Kier alpha value is -5.09. The van der Waals surface area contributed by atoms with Gasteiger partial charge < -0.3 is 37.2 Å². The van der Waals surface area contributed by atoms with Gasteiger partial charge in [-0.2, -0.15) is 0 Å². The molecule has 0 aliphatic heterocycles. The third-order valence-corrected chi connectivity index (χ3v) is 8.06. The van der Waals surface area contributed by atoms with Gasteiger partial charge in [0.15, 0.2) is 11.5 Å². The molecule has 1 heterocycles. The van der Waals surface area contributed by atoms with Gasteiger partial charge in [0.25, 0.3) is 0 Å². The molecule has 0 unspecified atom stereocenters. The Morgan fingerprint density at radius 1 is 0.660 bits per heavy atom. The summed E-state index contributed by atoms with van der Waals surface area (Å²) in [4.78, 5) is 12.8. The quantitative estimate of drug-likeness (QED) is 0.0778. The highest BCUT2D eigenvalue weighted by molar-refractivity contribution is 6.02. The predicted molar refractivity (Wildman–Crippen MR) is 198 cm³/mol. The number of fused-ring (bicyclic) bond motifs is 1. The highest BCUT2D eigenvalue weighted by Crippen LogP contribution is 2.42. The lowest BCUT2D eigenvalue weighted by molar-refractivity contribution is -0.870. The molecule has 0 N–H and O–H groups in total. The number of rotatable bonds is 13. The van der Waals surface area contributed by atoms with Crippen LogP contribution in [0.4, 0.5) is 0 Å². The number of nitrogens with zero attached hydrogens (tertiary/aromatic N) is 3. The van der Waals surface area contributed by atoms with Gasteiger partial charge in [0.1, 0.15) is 17.2 Å². The number of benzene rings is 3. The number of carbonyl (C=O) groups is 1. The number of methoxy groups -OCH3 is 3. The van der Waals surface area contributed by atoms with Crippen LogP contribution in [0, 0.1) is 23.7 Å². The van der Waals surface area contributed by atoms with Crippen LogP contribution in [0.1, 0.15) is 45.6 Å². The lowest BCUT2D eigenvalue weighted by Crippen LogP contribution is -2.36. The summed E-state index contributed by atoms with van der Waals surface area (Å²) >= 11 is 0. The smallest absolute Gasteiger partial charge is 0.354 e. The van der Waals surface area contributed by atoms with Crippen molar-refractivity contribution in [3.8, 4) is 46.7 Å². The van der Waals surface area contributed by atoms with E-state index in [-0.39, 0.29) is 0 Å². The van der Waals surface area contributed by atoms with E-state index in [9.17, 15) is 4.79 Å². The molecule has 4 aromatic rings. The number of hydrogen-bond donors (Lipinski definition) is 0. The fourth-order valence-corrected chi connectivity index (χ4v) is 5.48. The predicted octanol–water partition coefficient (Wildman–Crippen LogP) is 5.73. The number of aromatic nitrogens is 1. The summed E-state index contributed by atoms with van der Waals surface area (Å²) in [6.45, 7) is 3.37. The average molecular weight is 682 g/mol. The number of quaternary nitrogens is 2. The fourth-order valence-electron chi connectivity index (χ4n) is 5.48. The lowest BCUT2D eigenvalue weighted by Gasteiger charge is -2.23. The zero-order valence-electron chi connectivity index (χ0n) is 31.2. The van der Waals surface area contributed by atoms with Crippen LogP contribution in [0.2, 0.25) is 0 Å². The van der Waals surface area contributed by atoms with Gasteiger partial charge in [-0.05, 0) is 54.6 Å². The van der Waals surface area contributed by atoms with Crippen LogP contribution in [0.3, 0.4) is 0 Å². The number of hydrogen-bond acceptors (Lipinski definition) is 6. The van der Waals surface area contributed by atoms with Crippen molar-refractivity contribution in [2.75, 3.05) is 89.9 Å². The van der Waals surface area contributed by atoms with Crippen LogP contribution >= 0.6 is 0 Å². The van der Waals surface area contributed by atoms with Gasteiger partial charge >= 0.3 is 5.97 Å². The topological polar surface area (TPSA) is 68.2 Å². The molecule has 3 aromatic carbocycles. The first-order valence-electron chi connectivity index (χ1n) is 16.7. The van der Waals surface area contributed by atoms with Crippen molar-refractivity contribution >= 4 is 16.9 Å². The van der Waals surface area contributed by atoms with E-state index in [4.69, 9.17) is 23.7 Å². The Morgan fingerprint density at radius 3 is 1.52 bits per heavy atom. The van der Waals surface area contributed by atoms with Crippen molar-refractivity contribution in [1.29, 1.82) is 0 Å². The molecule has 0 aliphatic carbocycles. The van der Waals surface area contributed by atoms with Crippen molar-refractivity contribution in [3.63, 3.8) is 0 Å². The van der Waals surface area contributed by atoms with Crippen molar-refractivity contribution < 1.29 is 37.4 Å². The molecule has 264 valence electrons. The molecule has 0 spiro atoms. The number of esters is 1. The van der Waals surface area contributed by atoms with E-state index in [0.717, 1.165) is 57.5 Å². The first-order valence-corrected chi connectivity index (χ1v) is 16.7. The highest BCUT2D eigenvalue weighted by atomic mass is 16.5. The minimum absolute atomic E-state index is 0.349. The van der Waals surface area contributed by atoms with Crippen LogP contribution in [0.25, 0.3) is 10.9 Å². The molecular weight excluding hydrogens is 630 g/mol. The second-order valence-electron chi connectivity index (χ2n) is 14.1. The third-order valence-electron chi connectivity index (χ3n) is 8.06. The van der Waals surface area contributed by atoms with Crippen molar-refractivity contribution in [2.24, 2.45) is 7.05 Å². The SMILES string of the molecule is COC(=O)c1cc2c(C#Cc3ccc(OCCC[N+](C)(C)C)cc3)c(OC)c(OC)c(C#Cc3ccc(OCCC[N+](C)(C)C)cc3)c2n1C. The zero-order valence-corrected chi connectivity index (χ0v) is 31.2. The summed E-state index contributed by atoms with van der Waals surface area (Å²) < 4.78 is 32.4. The maximum Gasteiger partial charge on any atom is 0.354 e. The minimum atomic E-state index is -0.478. The molecule has 9 heteroatoms. The molecule has 50 heavy (non-hydrogen) atoms. The Kier molecular flexibility index (Phi) is 12.5. The number of ether oxygens (including phenoxy) is 5. The molecule has 9 nitrogen and oxygen atoms in total. The van der Waals surface area contributed by atoms with Crippen molar-refractivity contribution in [3.05, 3.63) is 82.5 Å². The molecule has 4 rings (SSSR count). The van der Waals surface area contributed by atoms with Crippen LogP contribution in [-0.4, -0.2) is 109 Å². The summed E-state index contributed by atoms with van der Waals surface area (Å²) in [6.07, 6.45) is 1.93. The molecule has 0 amide bonds. The van der Waals surface area contributed by atoms with Gasteiger partial charge in [-0.25, -0.2) is 4.79 Å². The average Bonchev–Trinajstić information content (AvgIpc) is 3.42. The lowest BCUT2D eigenvalue weighted by atomic mass is 10.0. The zero-order chi connectivity index (χ0) is 36.5. The Bertz CT molecular complexity index is 1910. The maximum absolute atomic E-state index is 12.8. The van der Waals surface area contributed by atoms with Crippen molar-refractivity contribution in [2.45, 2.75) is 12.8 Å². The Labute approximate surface area is 297 Å². The second-order valence-corrected chi connectivity index (χ2v) is 14.1. The molecule has 0 radical (unpaired) electrons. The van der Waals surface area contributed by atoms with Crippen LogP contribution < -0.4 is 18.9 Å². The Balaban J connectivity index is 1.69. The van der Waals surface area contributed by atoms with Crippen LogP contribution in [0.15, 0.2) is 54.6 Å². The molecule has 1 aromatic heterocycles. The summed E-state index contributed by atoms with van der Waals surface area (Å²) in [6, 6.07) is 17.2. The number of carbonyl (C=O) groups excluding carboxylic acids is 1. The molecule has 0 aliphatic rings. The van der Waals surface area contributed by atoms with Gasteiger partial charge in [0, 0.05) is 36.4 Å². The molecule has 0 bridgehead atoms. The van der Waals surface area contributed by atoms with E-state index >= 15 is 0 Å². The van der Waals surface area contributed by atoms with E-state index in [0.29, 0.717) is 52.4 Å². The molecular formula is C41H51N3O6+2. The van der Waals surface area contributed by atoms with Gasteiger partial charge in [0.2, 0.25) is 0 Å². The largest absolute Gasteiger partial charge is 0.493 e. The van der Waals surface area contributed by atoms with Gasteiger partial charge in [-0.1, -0.05) is 23.7 Å². The van der Waals surface area contributed by atoms with E-state index in [1.165, 1.54) is 7.11 Å². The van der Waals surface area contributed by atoms with Crippen LogP contribution in [-0.2, 0) is 11.8 Å². The standard InChI is InChI=1S/C41H51N3O6/c1-42-37(41(45)48-10)29-36-34(23-17-30-13-19-32(20-14-30)49-27-11-25-43(2,3)4)39(46-8)40(47-9)35(38(36)42)24-18-31-15-21-33(22-16-31)50-28-12-26-44(5,6)7/h13-16,19-22,29H,11-12,25-28H2,1-10H3/q+2. The van der Waals surface area contributed by atoms with E-state index in [2.05, 4.69) is 66.0 Å². The van der Waals surface area contributed by atoms with Gasteiger partial charge in [0.05, 0.1) is 107 Å². The van der Waals surface area contributed by atoms with Crippen molar-refractivity contribution in [1.82, 2.24) is 4.57 Å². The van der Waals surface area contributed by atoms with E-state index in [1.807, 2.05) is 48.5 Å². The third kappa shape index (κ3) is 9.98. The summed E-state index contributed by atoms with van der Waals surface area (Å²) in [5.74, 6) is 15.1. The number of aryl methyl sites for hydroxylation is 1. The monoisotopic (exact) mass is 681 g/mol. The Morgan fingerprint density at radius 2 is 1.10 bits per heavy atom. The van der Waals surface area contributed by atoms with E-state index in [1.54, 1.807) is 31.9 Å². The summed E-state index contributed by atoms with van der Waals surface area (Å²) in [5.41, 5.74) is 3.76. The minimum Gasteiger partial charge on any atom is -0.493 e. The summed E-state index contributed by atoms with van der Waals surface area (Å²) in [7, 11) is 19.3. The molecule has 0 fully saturated rings. The highest BCUT2D eigenvalue weighted by Gasteiger charge is 2.25. The van der Waals surface area contributed by atoms with Gasteiger partial charge in [-0.15, -0.1) is 0 Å². The van der Waals surface area contributed by atoms with E-state index < -0.39 is 5.97 Å².